The van der Waals surface area contributed by atoms with Crippen molar-refractivity contribution in [2.75, 3.05) is 13.2 Å². The summed E-state index contributed by atoms with van der Waals surface area (Å²) in [7, 11) is 0. The first-order valence-electron chi connectivity index (χ1n) is 6.65. The number of ether oxygens (including phenoxy) is 2. The molecule has 5 heteroatoms. The lowest BCUT2D eigenvalue weighted by Gasteiger charge is -2.26. The number of carbonyl (C=O) groups is 1. The van der Waals surface area contributed by atoms with Gasteiger partial charge in [-0.3, -0.25) is 4.79 Å². The summed E-state index contributed by atoms with van der Waals surface area (Å²) >= 11 is 5.99. The van der Waals surface area contributed by atoms with Crippen LogP contribution < -0.4 is 14.8 Å². The van der Waals surface area contributed by atoms with Crippen molar-refractivity contribution in [3.05, 3.63) is 59.1 Å². The zero-order valence-corrected chi connectivity index (χ0v) is 12.0. The lowest BCUT2D eigenvalue weighted by atomic mass is 10.2. The van der Waals surface area contributed by atoms with Crippen LogP contribution in [-0.2, 0) is 0 Å². The third kappa shape index (κ3) is 3.11. The minimum Gasteiger partial charge on any atom is -0.486 e. The van der Waals surface area contributed by atoms with E-state index >= 15 is 0 Å². The first-order chi connectivity index (χ1) is 10.2. The van der Waals surface area contributed by atoms with Gasteiger partial charge in [-0.2, -0.15) is 0 Å². The molecule has 0 aliphatic carbocycles. The van der Waals surface area contributed by atoms with E-state index in [9.17, 15) is 4.79 Å². The molecule has 2 aromatic carbocycles. The molecule has 21 heavy (non-hydrogen) atoms. The summed E-state index contributed by atoms with van der Waals surface area (Å²) in [5, 5.41) is 3.24. The molecular formula is C16H14ClNO3. The smallest absolute Gasteiger partial charge is 0.252 e. The number of hydrogen-bond acceptors (Lipinski definition) is 3. The summed E-state index contributed by atoms with van der Waals surface area (Å²) in [5.41, 5.74) is 0.455. The summed E-state index contributed by atoms with van der Waals surface area (Å²) in [6.45, 7) is 0.762. The zero-order valence-electron chi connectivity index (χ0n) is 11.2. The van der Waals surface area contributed by atoms with Crippen LogP contribution in [0.1, 0.15) is 10.4 Å². The van der Waals surface area contributed by atoms with Gasteiger partial charge in [0.05, 0.1) is 17.1 Å². The fraction of sp³-hybridized carbons (Fsp3) is 0.188. The normalized spacial score (nSPS) is 16.3. The van der Waals surface area contributed by atoms with Crippen molar-refractivity contribution in [1.29, 1.82) is 0 Å². The monoisotopic (exact) mass is 303 g/mol. The Hall–Kier alpha value is -2.20. The number of hydrogen-bond donors (Lipinski definition) is 1. The molecule has 1 aliphatic heterocycles. The average molecular weight is 304 g/mol. The van der Waals surface area contributed by atoms with E-state index < -0.39 is 0 Å². The Balaban J connectivity index is 1.59. The van der Waals surface area contributed by atoms with Crippen LogP contribution in [0.25, 0.3) is 0 Å². The highest BCUT2D eigenvalue weighted by Gasteiger charge is 2.21. The van der Waals surface area contributed by atoms with Gasteiger partial charge < -0.3 is 14.8 Å². The molecule has 1 amide bonds. The number of carbonyl (C=O) groups excluding carboxylic acids is 1. The van der Waals surface area contributed by atoms with Gasteiger partial charge in [0, 0.05) is 0 Å². The largest absolute Gasteiger partial charge is 0.486 e. The van der Waals surface area contributed by atoms with Crippen molar-refractivity contribution in [3.63, 3.8) is 0 Å². The minimum absolute atomic E-state index is 0.216. The maximum absolute atomic E-state index is 12.1. The molecule has 1 N–H and O–H groups in total. The molecule has 2 aromatic rings. The van der Waals surface area contributed by atoms with Crippen LogP contribution in [0.4, 0.5) is 0 Å². The van der Waals surface area contributed by atoms with Gasteiger partial charge >= 0.3 is 0 Å². The topological polar surface area (TPSA) is 47.6 Å². The second-order valence-electron chi connectivity index (χ2n) is 4.69. The maximum atomic E-state index is 12.1. The van der Waals surface area contributed by atoms with Crippen molar-refractivity contribution < 1.29 is 14.3 Å². The van der Waals surface area contributed by atoms with Crippen LogP contribution >= 0.6 is 11.6 Å². The maximum Gasteiger partial charge on any atom is 0.252 e. The van der Waals surface area contributed by atoms with E-state index in [-0.39, 0.29) is 12.0 Å². The molecule has 0 aromatic heterocycles. The van der Waals surface area contributed by atoms with Gasteiger partial charge in [0.2, 0.25) is 0 Å². The van der Waals surface area contributed by atoms with E-state index in [1.54, 1.807) is 24.3 Å². The average Bonchev–Trinajstić information content (AvgIpc) is 2.53. The van der Waals surface area contributed by atoms with Crippen molar-refractivity contribution in [2.45, 2.75) is 6.10 Å². The van der Waals surface area contributed by atoms with Crippen LogP contribution in [0.3, 0.4) is 0 Å². The number of rotatable bonds is 3. The molecule has 1 atom stereocenters. The molecule has 0 saturated carbocycles. The Bertz CT molecular complexity index is 659. The van der Waals surface area contributed by atoms with Gasteiger partial charge in [-0.1, -0.05) is 35.9 Å². The van der Waals surface area contributed by atoms with Gasteiger partial charge in [-0.25, -0.2) is 0 Å². The highest BCUT2D eigenvalue weighted by atomic mass is 35.5. The van der Waals surface area contributed by atoms with E-state index in [1.807, 2.05) is 24.3 Å². The van der Waals surface area contributed by atoms with Crippen LogP contribution in [0.15, 0.2) is 48.5 Å². The molecule has 0 saturated heterocycles. The number of fused-ring (bicyclic) bond motifs is 1. The van der Waals surface area contributed by atoms with E-state index in [0.29, 0.717) is 29.5 Å². The van der Waals surface area contributed by atoms with Crippen molar-refractivity contribution in [3.8, 4) is 11.5 Å². The lowest BCUT2D eigenvalue weighted by molar-refractivity contribution is 0.0789. The molecule has 1 heterocycles. The number of amides is 1. The zero-order chi connectivity index (χ0) is 14.7. The third-order valence-electron chi connectivity index (χ3n) is 3.18. The SMILES string of the molecule is O=C(NC[C@H]1COc2ccccc2O1)c1ccccc1Cl. The molecule has 1 aliphatic rings. The molecule has 0 radical (unpaired) electrons. The van der Waals surface area contributed by atoms with Crippen LogP contribution in [-0.4, -0.2) is 25.2 Å². The van der Waals surface area contributed by atoms with E-state index in [2.05, 4.69) is 5.32 Å². The van der Waals surface area contributed by atoms with Crippen LogP contribution in [0.5, 0.6) is 11.5 Å². The standard InChI is InChI=1S/C16H14ClNO3/c17-13-6-2-1-5-12(13)16(19)18-9-11-10-20-14-7-3-4-8-15(14)21-11/h1-8,11H,9-10H2,(H,18,19)/t11-/m0/s1. The quantitative estimate of drug-likeness (QED) is 0.948. The molecule has 0 unspecified atom stereocenters. The Labute approximate surface area is 127 Å². The molecule has 0 fully saturated rings. The molecule has 0 bridgehead atoms. The molecule has 108 valence electrons. The summed E-state index contributed by atoms with van der Waals surface area (Å²) in [6.07, 6.45) is -0.216. The Morgan fingerprint density at radius 2 is 1.86 bits per heavy atom. The predicted molar refractivity (Wildman–Crippen MR) is 80.1 cm³/mol. The van der Waals surface area contributed by atoms with Crippen molar-refractivity contribution >= 4 is 17.5 Å². The van der Waals surface area contributed by atoms with Crippen LogP contribution in [0.2, 0.25) is 5.02 Å². The summed E-state index contributed by atoms with van der Waals surface area (Å²) in [5.74, 6) is 1.20. The highest BCUT2D eigenvalue weighted by Crippen LogP contribution is 2.30. The van der Waals surface area contributed by atoms with Crippen LogP contribution in [0, 0.1) is 0 Å². The Kier molecular flexibility index (Phi) is 3.97. The minimum atomic E-state index is -0.219. The summed E-state index contributed by atoms with van der Waals surface area (Å²) in [6, 6.07) is 14.4. The third-order valence-corrected chi connectivity index (χ3v) is 3.51. The van der Waals surface area contributed by atoms with E-state index in [1.165, 1.54) is 0 Å². The number of halogens is 1. The fourth-order valence-corrected chi connectivity index (χ4v) is 2.33. The highest BCUT2D eigenvalue weighted by molar-refractivity contribution is 6.33. The number of para-hydroxylation sites is 2. The predicted octanol–water partition coefficient (Wildman–Crippen LogP) is 2.91. The Morgan fingerprint density at radius 3 is 2.67 bits per heavy atom. The summed E-state index contributed by atoms with van der Waals surface area (Å²) in [4.78, 5) is 12.1. The fourth-order valence-electron chi connectivity index (χ4n) is 2.11. The van der Waals surface area contributed by atoms with E-state index in [4.69, 9.17) is 21.1 Å². The molecule has 4 nitrogen and oxygen atoms in total. The van der Waals surface area contributed by atoms with Gasteiger partial charge in [0.1, 0.15) is 12.7 Å². The van der Waals surface area contributed by atoms with Gasteiger partial charge in [-0.15, -0.1) is 0 Å². The van der Waals surface area contributed by atoms with Gasteiger partial charge in [0.25, 0.3) is 5.91 Å². The van der Waals surface area contributed by atoms with Crippen molar-refractivity contribution in [1.82, 2.24) is 5.32 Å². The van der Waals surface area contributed by atoms with Crippen molar-refractivity contribution in [2.24, 2.45) is 0 Å². The molecule has 3 rings (SSSR count). The first-order valence-corrected chi connectivity index (χ1v) is 7.03. The number of nitrogens with one attached hydrogen (secondary N) is 1. The number of benzene rings is 2. The lowest BCUT2D eigenvalue weighted by Crippen LogP contribution is -2.40. The molecular weight excluding hydrogens is 290 g/mol. The first kappa shape index (κ1) is 13.8. The van der Waals surface area contributed by atoms with Gasteiger partial charge in [0.15, 0.2) is 11.5 Å². The van der Waals surface area contributed by atoms with E-state index in [0.717, 1.165) is 5.75 Å². The molecule has 0 spiro atoms. The Morgan fingerprint density at radius 1 is 1.14 bits per heavy atom. The second kappa shape index (κ2) is 6.06. The summed E-state index contributed by atoms with van der Waals surface area (Å²) < 4.78 is 11.4. The second-order valence-corrected chi connectivity index (χ2v) is 5.09. The van der Waals surface area contributed by atoms with Gasteiger partial charge in [-0.05, 0) is 24.3 Å².